The van der Waals surface area contributed by atoms with Gasteiger partial charge in [-0.05, 0) is 18.9 Å². The summed E-state index contributed by atoms with van der Waals surface area (Å²) in [6.07, 6.45) is 0.864. The molecule has 0 radical (unpaired) electrons. The number of nitrogens with two attached hydrogens (primary N) is 3. The zero-order valence-electron chi connectivity index (χ0n) is 12.3. The van der Waals surface area contributed by atoms with Gasteiger partial charge in [0.2, 0.25) is 0 Å². The van der Waals surface area contributed by atoms with E-state index in [0.29, 0.717) is 16.8 Å². The SMILES string of the molecule is CCC(N)C(Sc1nc(N)cc(N)n1)c1cccc(C)c1. The van der Waals surface area contributed by atoms with Gasteiger partial charge in [-0.15, -0.1) is 0 Å². The van der Waals surface area contributed by atoms with E-state index in [1.165, 1.54) is 22.9 Å². The Kier molecular flexibility index (Phi) is 5.03. The molecule has 0 aliphatic rings. The van der Waals surface area contributed by atoms with E-state index in [9.17, 15) is 0 Å². The summed E-state index contributed by atoms with van der Waals surface area (Å²) < 4.78 is 0. The average molecular weight is 303 g/mol. The van der Waals surface area contributed by atoms with Crippen molar-refractivity contribution >= 4 is 23.4 Å². The number of aryl methyl sites for hydroxylation is 1. The molecule has 0 saturated carbocycles. The Bertz CT molecular complexity index is 597. The summed E-state index contributed by atoms with van der Waals surface area (Å²) in [5.74, 6) is 0.746. The van der Waals surface area contributed by atoms with Gasteiger partial charge in [-0.1, -0.05) is 48.5 Å². The Morgan fingerprint density at radius 2 is 1.81 bits per heavy atom. The molecular formula is C15H21N5S. The molecule has 2 unspecified atom stereocenters. The lowest BCUT2D eigenvalue weighted by Crippen LogP contribution is -2.26. The van der Waals surface area contributed by atoms with Crippen LogP contribution in [0.4, 0.5) is 11.6 Å². The second kappa shape index (κ2) is 6.78. The van der Waals surface area contributed by atoms with E-state index >= 15 is 0 Å². The second-order valence-electron chi connectivity index (χ2n) is 5.02. The maximum Gasteiger partial charge on any atom is 0.192 e. The van der Waals surface area contributed by atoms with Gasteiger partial charge in [0.05, 0.1) is 5.25 Å². The highest BCUT2D eigenvalue weighted by molar-refractivity contribution is 7.99. The Hall–Kier alpha value is -1.79. The molecule has 112 valence electrons. The van der Waals surface area contributed by atoms with Crippen LogP contribution in [-0.4, -0.2) is 16.0 Å². The minimum Gasteiger partial charge on any atom is -0.383 e. The number of aromatic nitrogens is 2. The average Bonchev–Trinajstić information content (AvgIpc) is 2.43. The van der Waals surface area contributed by atoms with E-state index in [1.807, 2.05) is 6.07 Å². The molecule has 0 aliphatic heterocycles. The molecule has 1 aromatic carbocycles. The highest BCUT2D eigenvalue weighted by atomic mass is 32.2. The normalized spacial score (nSPS) is 13.9. The number of rotatable bonds is 5. The van der Waals surface area contributed by atoms with E-state index < -0.39 is 0 Å². The monoisotopic (exact) mass is 303 g/mol. The lowest BCUT2D eigenvalue weighted by molar-refractivity contribution is 0.632. The van der Waals surface area contributed by atoms with E-state index in [1.54, 1.807) is 6.07 Å². The third-order valence-corrected chi connectivity index (χ3v) is 4.48. The summed E-state index contributed by atoms with van der Waals surface area (Å²) in [4.78, 5) is 8.47. The van der Waals surface area contributed by atoms with Gasteiger partial charge < -0.3 is 17.2 Å². The third kappa shape index (κ3) is 4.09. The van der Waals surface area contributed by atoms with Crippen LogP contribution >= 0.6 is 11.8 Å². The van der Waals surface area contributed by atoms with Crippen molar-refractivity contribution in [1.29, 1.82) is 0 Å². The minimum atomic E-state index is 0.00283. The van der Waals surface area contributed by atoms with Gasteiger partial charge in [-0.25, -0.2) is 9.97 Å². The molecule has 6 heteroatoms. The maximum absolute atomic E-state index is 6.28. The second-order valence-corrected chi connectivity index (χ2v) is 6.13. The molecule has 1 aromatic heterocycles. The standard InChI is InChI=1S/C15H21N5S/c1-3-11(16)14(10-6-4-5-9(2)7-10)21-15-19-12(17)8-13(18)20-15/h4-8,11,14H,3,16H2,1-2H3,(H4,17,18,19,20). The number of anilines is 2. The maximum atomic E-state index is 6.28. The number of nitrogen functional groups attached to an aromatic ring is 2. The molecule has 0 amide bonds. The van der Waals surface area contributed by atoms with Crippen LogP contribution in [0.2, 0.25) is 0 Å². The summed E-state index contributed by atoms with van der Waals surface area (Å²) in [5, 5.41) is 0.624. The summed E-state index contributed by atoms with van der Waals surface area (Å²) in [7, 11) is 0. The van der Waals surface area contributed by atoms with Gasteiger partial charge in [-0.3, -0.25) is 0 Å². The van der Waals surface area contributed by atoms with Crippen LogP contribution in [0.1, 0.15) is 29.7 Å². The molecule has 0 fully saturated rings. The van der Waals surface area contributed by atoms with E-state index in [0.717, 1.165) is 6.42 Å². The molecule has 0 saturated heterocycles. The molecular weight excluding hydrogens is 282 g/mol. The summed E-state index contributed by atoms with van der Waals surface area (Å²) in [5.41, 5.74) is 20.1. The fourth-order valence-electron chi connectivity index (χ4n) is 2.09. The first-order valence-corrected chi connectivity index (χ1v) is 7.76. The molecule has 2 rings (SSSR count). The van der Waals surface area contributed by atoms with E-state index in [-0.39, 0.29) is 11.3 Å². The third-order valence-electron chi connectivity index (χ3n) is 3.21. The Morgan fingerprint density at radius 3 is 2.38 bits per heavy atom. The fourth-order valence-corrected chi connectivity index (χ4v) is 3.29. The largest absolute Gasteiger partial charge is 0.383 e. The number of hydrogen-bond donors (Lipinski definition) is 3. The van der Waals surface area contributed by atoms with Crippen molar-refractivity contribution in [3.8, 4) is 0 Å². The van der Waals surface area contributed by atoms with Gasteiger partial charge in [0.25, 0.3) is 0 Å². The molecule has 0 aliphatic carbocycles. The zero-order chi connectivity index (χ0) is 15.4. The van der Waals surface area contributed by atoms with Crippen LogP contribution in [0, 0.1) is 6.92 Å². The number of thioether (sulfide) groups is 1. The minimum absolute atomic E-state index is 0.00283. The van der Waals surface area contributed by atoms with Crippen molar-refractivity contribution in [2.45, 2.75) is 36.7 Å². The van der Waals surface area contributed by atoms with Gasteiger partial charge in [-0.2, -0.15) is 0 Å². The van der Waals surface area contributed by atoms with E-state index in [2.05, 4.69) is 42.0 Å². The van der Waals surface area contributed by atoms with Crippen molar-refractivity contribution in [2.75, 3.05) is 11.5 Å². The smallest absolute Gasteiger partial charge is 0.192 e. The lowest BCUT2D eigenvalue weighted by atomic mass is 10.0. The van der Waals surface area contributed by atoms with Crippen molar-refractivity contribution in [3.05, 3.63) is 41.5 Å². The van der Waals surface area contributed by atoms with Gasteiger partial charge in [0.15, 0.2) is 5.16 Å². The Morgan fingerprint density at radius 1 is 1.14 bits per heavy atom. The zero-order valence-corrected chi connectivity index (χ0v) is 13.1. The molecule has 6 N–H and O–H groups in total. The van der Waals surface area contributed by atoms with Crippen LogP contribution in [0.25, 0.3) is 0 Å². The number of hydrogen-bond acceptors (Lipinski definition) is 6. The van der Waals surface area contributed by atoms with Gasteiger partial charge >= 0.3 is 0 Å². The molecule has 1 heterocycles. The molecule has 0 bridgehead atoms. The Balaban J connectivity index is 2.32. The van der Waals surface area contributed by atoms with Crippen LogP contribution < -0.4 is 17.2 Å². The van der Waals surface area contributed by atoms with Crippen LogP contribution in [-0.2, 0) is 0 Å². The fraction of sp³-hybridized carbons (Fsp3) is 0.333. The molecule has 0 spiro atoms. The molecule has 2 aromatic rings. The first-order valence-electron chi connectivity index (χ1n) is 6.88. The van der Waals surface area contributed by atoms with Crippen LogP contribution in [0.15, 0.2) is 35.5 Å². The van der Waals surface area contributed by atoms with Crippen LogP contribution in [0.3, 0.4) is 0 Å². The predicted molar refractivity (Wildman–Crippen MR) is 88.9 cm³/mol. The summed E-state index contributed by atoms with van der Waals surface area (Å²) >= 11 is 1.50. The highest BCUT2D eigenvalue weighted by Gasteiger charge is 2.21. The van der Waals surface area contributed by atoms with Crippen molar-refractivity contribution < 1.29 is 0 Å². The quantitative estimate of drug-likeness (QED) is 0.579. The van der Waals surface area contributed by atoms with Crippen molar-refractivity contribution in [1.82, 2.24) is 9.97 Å². The Labute approximate surface area is 129 Å². The lowest BCUT2D eigenvalue weighted by Gasteiger charge is -2.22. The molecule has 5 nitrogen and oxygen atoms in total. The van der Waals surface area contributed by atoms with E-state index in [4.69, 9.17) is 17.2 Å². The van der Waals surface area contributed by atoms with Crippen molar-refractivity contribution in [3.63, 3.8) is 0 Å². The van der Waals surface area contributed by atoms with Gasteiger partial charge in [0, 0.05) is 12.1 Å². The first-order chi connectivity index (χ1) is 9.99. The van der Waals surface area contributed by atoms with Gasteiger partial charge in [0.1, 0.15) is 11.6 Å². The summed E-state index contributed by atoms with van der Waals surface area (Å²) in [6.45, 7) is 4.14. The number of nitrogens with zero attached hydrogens (tertiary/aromatic N) is 2. The van der Waals surface area contributed by atoms with Crippen LogP contribution in [0.5, 0.6) is 0 Å². The topological polar surface area (TPSA) is 104 Å². The van der Waals surface area contributed by atoms with Crippen molar-refractivity contribution in [2.24, 2.45) is 5.73 Å². The highest BCUT2D eigenvalue weighted by Crippen LogP contribution is 2.37. The molecule has 2 atom stereocenters. The number of benzene rings is 1. The first kappa shape index (κ1) is 15.6. The predicted octanol–water partition coefficient (Wildman–Crippen LogP) is 2.52. The summed E-state index contributed by atoms with van der Waals surface area (Å²) in [6, 6.07) is 9.87. The molecule has 21 heavy (non-hydrogen) atoms.